The molecule has 45 heavy (non-hydrogen) atoms. The fraction of sp³-hybridized carbons (Fsp3) is 0.0882. The molecule has 3 aromatic carbocycles. The number of allylic oxidation sites excluding steroid dienone is 1. The summed E-state index contributed by atoms with van der Waals surface area (Å²) in [6.07, 6.45) is 3.87. The number of thiazole rings is 1. The lowest BCUT2D eigenvalue weighted by molar-refractivity contribution is -0.384. The molecule has 3 aromatic heterocycles. The van der Waals surface area contributed by atoms with Crippen molar-refractivity contribution in [3.8, 4) is 0 Å². The van der Waals surface area contributed by atoms with Gasteiger partial charge in [0.25, 0.3) is 17.2 Å². The topological polar surface area (TPSA) is 112 Å². The lowest BCUT2D eigenvalue weighted by Crippen LogP contribution is -2.40. The summed E-state index contributed by atoms with van der Waals surface area (Å²) in [4.78, 5) is 44.7. The highest BCUT2D eigenvalue weighted by Crippen LogP contribution is 2.33. The zero-order chi connectivity index (χ0) is 31.1. The average molecular weight is 632 g/mol. The number of thiophene rings is 1. The number of rotatable bonds is 7. The number of hydrogen-bond acceptors (Lipinski definition) is 7. The van der Waals surface area contributed by atoms with Crippen LogP contribution in [0.15, 0.2) is 124 Å². The number of carbonyl (C=O) groups is 1. The highest BCUT2D eigenvalue weighted by Gasteiger charge is 2.33. The minimum Gasteiger partial charge on any atom is -0.342 e. The van der Waals surface area contributed by atoms with E-state index in [2.05, 4.69) is 9.88 Å². The number of anilines is 1. The zero-order valence-corrected chi connectivity index (χ0v) is 25.5. The Labute approximate surface area is 264 Å². The first-order valence-electron chi connectivity index (χ1n) is 14.1. The van der Waals surface area contributed by atoms with Crippen LogP contribution < -0.4 is 20.2 Å². The van der Waals surface area contributed by atoms with E-state index >= 15 is 0 Å². The van der Waals surface area contributed by atoms with Crippen LogP contribution in [0.2, 0.25) is 0 Å². The van der Waals surface area contributed by atoms with Crippen molar-refractivity contribution >= 4 is 56.9 Å². The molecule has 1 aliphatic rings. The molecule has 1 amide bonds. The number of fused-ring (bicyclic) bond motifs is 2. The SMILES string of the molecule is CC1=C(C(=O)Nc2ccccc2)[C@H](c2cccs2)n2c(s/c(=C\c3cn(Cc4ccc([N+](=O)[O-])cc4)c4ccccc34)c2=O)=N1. The van der Waals surface area contributed by atoms with Gasteiger partial charge in [-0.15, -0.1) is 11.3 Å². The smallest absolute Gasteiger partial charge is 0.271 e. The van der Waals surface area contributed by atoms with E-state index in [1.807, 2.05) is 91.3 Å². The molecule has 9 nitrogen and oxygen atoms in total. The number of benzene rings is 3. The van der Waals surface area contributed by atoms with Crippen LogP contribution >= 0.6 is 22.7 Å². The molecule has 222 valence electrons. The average Bonchev–Trinajstić information content (AvgIpc) is 3.77. The predicted molar refractivity (Wildman–Crippen MR) is 177 cm³/mol. The van der Waals surface area contributed by atoms with Crippen molar-refractivity contribution in [1.82, 2.24) is 9.13 Å². The Morgan fingerprint density at radius 2 is 1.78 bits per heavy atom. The Balaban J connectivity index is 1.31. The van der Waals surface area contributed by atoms with Crippen LogP contribution in [-0.4, -0.2) is 20.0 Å². The third-order valence-electron chi connectivity index (χ3n) is 7.72. The van der Waals surface area contributed by atoms with Gasteiger partial charge in [0.05, 0.1) is 20.7 Å². The van der Waals surface area contributed by atoms with Gasteiger partial charge in [0, 0.05) is 51.9 Å². The largest absolute Gasteiger partial charge is 0.342 e. The Hall–Kier alpha value is -5.39. The molecule has 0 saturated heterocycles. The summed E-state index contributed by atoms with van der Waals surface area (Å²) in [7, 11) is 0. The Kier molecular flexibility index (Phi) is 7.32. The van der Waals surface area contributed by atoms with Crippen molar-refractivity contribution < 1.29 is 9.72 Å². The molecule has 1 N–H and O–H groups in total. The van der Waals surface area contributed by atoms with Crippen LogP contribution in [0.25, 0.3) is 17.0 Å². The quantitative estimate of drug-likeness (QED) is 0.176. The number of amides is 1. The molecular formula is C34H25N5O4S2. The Bertz CT molecular complexity index is 2300. The number of non-ortho nitro benzene ring substituents is 1. The summed E-state index contributed by atoms with van der Waals surface area (Å²) in [5, 5.41) is 17.0. The van der Waals surface area contributed by atoms with Gasteiger partial charge in [-0.3, -0.25) is 24.3 Å². The summed E-state index contributed by atoms with van der Waals surface area (Å²) >= 11 is 2.79. The van der Waals surface area contributed by atoms with Gasteiger partial charge in [-0.05, 0) is 48.2 Å². The lowest BCUT2D eigenvalue weighted by Gasteiger charge is -2.24. The van der Waals surface area contributed by atoms with E-state index in [0.717, 1.165) is 26.9 Å². The number of nitro groups is 1. The molecule has 7 rings (SSSR count). The highest BCUT2D eigenvalue weighted by molar-refractivity contribution is 7.10. The van der Waals surface area contributed by atoms with Gasteiger partial charge in [-0.2, -0.15) is 0 Å². The summed E-state index contributed by atoms with van der Waals surface area (Å²) in [6.45, 7) is 2.31. The maximum atomic E-state index is 14.1. The van der Waals surface area contributed by atoms with Gasteiger partial charge < -0.3 is 9.88 Å². The van der Waals surface area contributed by atoms with E-state index in [-0.39, 0.29) is 17.2 Å². The first-order valence-corrected chi connectivity index (χ1v) is 15.8. The molecule has 0 radical (unpaired) electrons. The summed E-state index contributed by atoms with van der Waals surface area (Å²) < 4.78 is 4.21. The minimum absolute atomic E-state index is 0.0453. The molecule has 0 saturated carbocycles. The number of aromatic nitrogens is 2. The fourth-order valence-corrected chi connectivity index (χ4v) is 7.49. The second-order valence-electron chi connectivity index (χ2n) is 10.6. The first kappa shape index (κ1) is 28.4. The van der Waals surface area contributed by atoms with E-state index in [9.17, 15) is 19.7 Å². The van der Waals surface area contributed by atoms with Crippen molar-refractivity contribution in [3.05, 3.63) is 160 Å². The van der Waals surface area contributed by atoms with Crippen molar-refractivity contribution in [3.63, 3.8) is 0 Å². The lowest BCUT2D eigenvalue weighted by atomic mass is 10.0. The van der Waals surface area contributed by atoms with Crippen molar-refractivity contribution in [2.45, 2.75) is 19.5 Å². The van der Waals surface area contributed by atoms with E-state index in [1.165, 1.54) is 34.8 Å². The third kappa shape index (κ3) is 5.32. The number of nitrogens with one attached hydrogen (secondary N) is 1. The number of carbonyl (C=O) groups excluding carboxylic acids is 1. The Morgan fingerprint density at radius 1 is 1.02 bits per heavy atom. The molecule has 1 atom stereocenters. The third-order valence-corrected chi connectivity index (χ3v) is 9.62. The van der Waals surface area contributed by atoms with Gasteiger partial charge in [0.2, 0.25) is 0 Å². The summed E-state index contributed by atoms with van der Waals surface area (Å²) in [6, 6.07) is 26.9. The summed E-state index contributed by atoms with van der Waals surface area (Å²) in [5.41, 5.74) is 4.24. The van der Waals surface area contributed by atoms with Crippen molar-refractivity contribution in [2.24, 2.45) is 4.99 Å². The second kappa shape index (κ2) is 11.6. The van der Waals surface area contributed by atoms with Crippen LogP contribution in [0, 0.1) is 10.1 Å². The maximum Gasteiger partial charge on any atom is 0.271 e. The summed E-state index contributed by atoms with van der Waals surface area (Å²) in [5.74, 6) is -0.301. The van der Waals surface area contributed by atoms with E-state index in [1.54, 1.807) is 16.7 Å². The van der Waals surface area contributed by atoms with E-state index < -0.39 is 11.0 Å². The zero-order valence-electron chi connectivity index (χ0n) is 23.9. The van der Waals surface area contributed by atoms with Gasteiger partial charge in [-0.1, -0.05) is 65.9 Å². The van der Waals surface area contributed by atoms with Gasteiger partial charge >= 0.3 is 0 Å². The van der Waals surface area contributed by atoms with Crippen LogP contribution in [0.1, 0.15) is 29.0 Å². The molecule has 6 aromatic rings. The maximum absolute atomic E-state index is 14.1. The molecule has 0 spiro atoms. The molecule has 0 fully saturated rings. The van der Waals surface area contributed by atoms with Gasteiger partial charge in [-0.25, -0.2) is 4.99 Å². The molecular weight excluding hydrogens is 607 g/mol. The monoisotopic (exact) mass is 631 g/mol. The van der Waals surface area contributed by atoms with Crippen LogP contribution in [0.5, 0.6) is 0 Å². The van der Waals surface area contributed by atoms with Crippen LogP contribution in [-0.2, 0) is 11.3 Å². The predicted octanol–water partition coefficient (Wildman–Crippen LogP) is 5.85. The minimum atomic E-state index is -0.615. The van der Waals surface area contributed by atoms with Gasteiger partial charge in [0.1, 0.15) is 6.04 Å². The molecule has 11 heteroatoms. The van der Waals surface area contributed by atoms with Crippen molar-refractivity contribution in [2.75, 3.05) is 5.32 Å². The standard InChI is InChI=1S/C34H25N5O4S2/c1-21-30(32(40)36-24-8-3-2-4-9-24)31(28-12-7-17-44-28)38-33(41)29(45-34(38)35-21)18-23-20-37(27-11-6-5-10-26(23)27)19-22-13-15-25(16-14-22)39(42)43/h2-18,20,31H,19H2,1H3,(H,36,40)/b29-18-/t31-/m0/s1. The number of hydrogen-bond donors (Lipinski definition) is 1. The fourth-order valence-electron chi connectivity index (χ4n) is 5.63. The van der Waals surface area contributed by atoms with Gasteiger partial charge in [0.15, 0.2) is 4.80 Å². The molecule has 4 heterocycles. The number of nitrogens with zero attached hydrogens (tertiary/aromatic N) is 4. The second-order valence-corrected chi connectivity index (χ2v) is 12.6. The van der Waals surface area contributed by atoms with Crippen LogP contribution in [0.4, 0.5) is 11.4 Å². The number of nitro benzene ring substituents is 1. The molecule has 0 unspecified atom stereocenters. The molecule has 0 aliphatic carbocycles. The van der Waals surface area contributed by atoms with E-state index in [4.69, 9.17) is 4.99 Å². The molecule has 1 aliphatic heterocycles. The first-order chi connectivity index (χ1) is 21.9. The molecule has 0 bridgehead atoms. The number of para-hydroxylation sites is 2. The van der Waals surface area contributed by atoms with E-state index in [0.29, 0.717) is 32.8 Å². The van der Waals surface area contributed by atoms with Crippen LogP contribution in [0.3, 0.4) is 0 Å². The van der Waals surface area contributed by atoms with Crippen molar-refractivity contribution in [1.29, 1.82) is 0 Å². The Morgan fingerprint density at radius 3 is 2.51 bits per heavy atom. The highest BCUT2D eigenvalue weighted by atomic mass is 32.1. The normalized spacial score (nSPS) is 14.8.